The quantitative estimate of drug-likeness (QED) is 0.665. The number of likely N-dealkylation sites (tertiary alicyclic amines) is 1. The smallest absolute Gasteiger partial charge is 0.193 e. The number of benzene rings is 1. The number of guanidine groups is 1. The fourth-order valence-corrected chi connectivity index (χ4v) is 3.70. The van der Waals surface area contributed by atoms with Crippen LogP contribution in [-0.2, 0) is 9.47 Å². The van der Waals surface area contributed by atoms with Gasteiger partial charge in [-0.15, -0.1) is 0 Å². The second-order valence-corrected chi connectivity index (χ2v) is 7.10. The minimum atomic E-state index is -0.137. The number of hydrogen-bond acceptors (Lipinski definition) is 3. The Hall–Kier alpha value is -1.85. The Bertz CT molecular complexity index is 611. The highest BCUT2D eigenvalue weighted by Crippen LogP contribution is 2.24. The number of nitrogens with zero attached hydrogens (tertiary/aromatic N) is 2. The van der Waals surface area contributed by atoms with Crippen molar-refractivity contribution in [1.29, 1.82) is 0 Å². The van der Waals surface area contributed by atoms with Crippen LogP contribution in [0.2, 0.25) is 0 Å². The molecule has 0 atom stereocenters. The van der Waals surface area contributed by atoms with Gasteiger partial charge in [0.15, 0.2) is 5.96 Å². The molecule has 1 aromatic rings. The summed E-state index contributed by atoms with van der Waals surface area (Å²) in [6, 6.07) is 10.6. The number of aliphatic imine (C=N–C) groups is 1. The largest absolute Gasteiger partial charge is 0.381 e. The van der Waals surface area contributed by atoms with Crippen molar-refractivity contribution >= 4 is 12.0 Å². The average molecular weight is 357 g/mol. The molecule has 1 N–H and O–H groups in total. The number of rotatable bonds is 4. The molecule has 0 unspecified atom stereocenters. The predicted octanol–water partition coefficient (Wildman–Crippen LogP) is 2.94. The molecule has 1 aromatic carbocycles. The van der Waals surface area contributed by atoms with Crippen molar-refractivity contribution in [3.8, 4) is 0 Å². The lowest BCUT2D eigenvalue weighted by molar-refractivity contribution is -0.0857. The zero-order valence-corrected chi connectivity index (χ0v) is 16.0. The second kappa shape index (κ2) is 9.19. The van der Waals surface area contributed by atoms with Crippen LogP contribution in [0.4, 0.5) is 0 Å². The summed E-state index contributed by atoms with van der Waals surface area (Å²) in [6.07, 6.45) is 6.35. The summed E-state index contributed by atoms with van der Waals surface area (Å²) in [5.41, 5.74) is 2.67. The monoisotopic (exact) mass is 357 g/mol. The Morgan fingerprint density at radius 1 is 1.23 bits per heavy atom. The van der Waals surface area contributed by atoms with E-state index in [2.05, 4.69) is 51.6 Å². The number of ether oxygens (including phenoxy) is 2. The molecule has 0 bridgehead atoms. The molecule has 0 radical (unpaired) electrons. The van der Waals surface area contributed by atoms with Crippen LogP contribution in [0.15, 0.2) is 40.9 Å². The van der Waals surface area contributed by atoms with Gasteiger partial charge in [0.1, 0.15) is 0 Å². The fraction of sp³-hybridized carbons (Fsp3) is 0.571. The van der Waals surface area contributed by atoms with Crippen LogP contribution < -0.4 is 5.32 Å². The molecule has 142 valence electrons. The highest BCUT2D eigenvalue weighted by Gasteiger charge is 2.33. The van der Waals surface area contributed by atoms with Gasteiger partial charge >= 0.3 is 0 Å². The molecule has 26 heavy (non-hydrogen) atoms. The van der Waals surface area contributed by atoms with Gasteiger partial charge in [0.25, 0.3) is 0 Å². The zero-order valence-electron chi connectivity index (χ0n) is 16.0. The van der Waals surface area contributed by atoms with Crippen molar-refractivity contribution in [1.82, 2.24) is 10.2 Å². The first-order chi connectivity index (χ1) is 12.7. The van der Waals surface area contributed by atoms with Gasteiger partial charge < -0.3 is 19.7 Å². The van der Waals surface area contributed by atoms with Crippen LogP contribution in [-0.4, -0.2) is 63.5 Å². The molecule has 2 aliphatic rings. The molecule has 0 aliphatic carbocycles. The molecule has 0 saturated carbocycles. The van der Waals surface area contributed by atoms with Crippen LogP contribution in [0.5, 0.6) is 0 Å². The third-order valence-corrected chi connectivity index (χ3v) is 5.49. The van der Waals surface area contributed by atoms with Crippen molar-refractivity contribution in [2.24, 2.45) is 4.99 Å². The normalized spacial score (nSPS) is 20.8. The maximum absolute atomic E-state index is 5.82. The van der Waals surface area contributed by atoms with E-state index in [1.165, 1.54) is 11.1 Å². The summed E-state index contributed by atoms with van der Waals surface area (Å²) in [6.45, 7) is 4.32. The summed E-state index contributed by atoms with van der Waals surface area (Å²) in [5.74, 6) is 0.978. The van der Waals surface area contributed by atoms with Gasteiger partial charge in [-0.1, -0.05) is 42.0 Å². The second-order valence-electron chi connectivity index (χ2n) is 7.10. The van der Waals surface area contributed by atoms with Gasteiger partial charge in [0, 0.05) is 59.8 Å². The minimum absolute atomic E-state index is 0.137. The highest BCUT2D eigenvalue weighted by molar-refractivity contribution is 5.80. The number of piperidine rings is 1. The van der Waals surface area contributed by atoms with E-state index in [0.29, 0.717) is 0 Å². The van der Waals surface area contributed by atoms with Crippen LogP contribution in [0.25, 0.3) is 6.08 Å². The number of hydrogen-bond donors (Lipinski definition) is 1. The molecule has 2 saturated heterocycles. The third-order valence-electron chi connectivity index (χ3n) is 5.49. The van der Waals surface area contributed by atoms with E-state index in [1.807, 2.05) is 7.05 Å². The fourth-order valence-electron chi connectivity index (χ4n) is 3.70. The lowest BCUT2D eigenvalue weighted by Crippen LogP contribution is -2.52. The Balaban J connectivity index is 1.53. The molecule has 0 aromatic heterocycles. The van der Waals surface area contributed by atoms with E-state index in [4.69, 9.17) is 9.47 Å². The Kier molecular flexibility index (Phi) is 6.69. The molecule has 0 spiro atoms. The molecular formula is C21H31N3O2. The van der Waals surface area contributed by atoms with Crippen LogP contribution >= 0.6 is 0 Å². The molecule has 2 fully saturated rings. The minimum Gasteiger partial charge on any atom is -0.381 e. The first-order valence-corrected chi connectivity index (χ1v) is 9.58. The first-order valence-electron chi connectivity index (χ1n) is 9.58. The van der Waals surface area contributed by atoms with Gasteiger partial charge in [-0.25, -0.2) is 0 Å². The molecule has 5 heteroatoms. The highest BCUT2D eigenvalue weighted by atomic mass is 16.5. The number of methoxy groups -OCH3 is 1. The molecular weight excluding hydrogens is 326 g/mol. The van der Waals surface area contributed by atoms with Gasteiger partial charge in [0.05, 0.1) is 5.60 Å². The average Bonchev–Trinajstić information content (AvgIpc) is 2.71. The lowest BCUT2D eigenvalue weighted by atomic mass is 9.94. The van der Waals surface area contributed by atoms with Crippen molar-refractivity contribution in [3.05, 3.63) is 41.5 Å². The first kappa shape index (κ1) is 18.9. The van der Waals surface area contributed by atoms with Crippen LogP contribution in [0.3, 0.4) is 0 Å². The lowest BCUT2D eigenvalue weighted by Gasteiger charge is -2.38. The van der Waals surface area contributed by atoms with E-state index >= 15 is 0 Å². The summed E-state index contributed by atoms with van der Waals surface area (Å²) in [5, 5.41) is 3.54. The van der Waals surface area contributed by atoms with Gasteiger partial charge in [-0.2, -0.15) is 0 Å². The molecule has 2 aliphatic heterocycles. The van der Waals surface area contributed by atoms with Crippen LogP contribution in [0, 0.1) is 0 Å². The van der Waals surface area contributed by atoms with Crippen LogP contribution in [0.1, 0.15) is 31.2 Å². The summed E-state index contributed by atoms with van der Waals surface area (Å²) >= 11 is 0. The maximum Gasteiger partial charge on any atom is 0.193 e. The molecule has 5 nitrogen and oxygen atoms in total. The summed E-state index contributed by atoms with van der Waals surface area (Å²) < 4.78 is 11.3. The van der Waals surface area contributed by atoms with Crippen molar-refractivity contribution in [2.75, 3.05) is 47.0 Å². The van der Waals surface area contributed by atoms with E-state index in [-0.39, 0.29) is 5.60 Å². The van der Waals surface area contributed by atoms with Gasteiger partial charge in [-0.3, -0.25) is 4.99 Å². The Morgan fingerprint density at radius 3 is 2.54 bits per heavy atom. The van der Waals surface area contributed by atoms with E-state index in [0.717, 1.165) is 64.5 Å². The van der Waals surface area contributed by atoms with E-state index < -0.39 is 0 Å². The Labute approximate surface area is 157 Å². The van der Waals surface area contributed by atoms with Crippen molar-refractivity contribution in [2.45, 2.75) is 31.3 Å². The summed E-state index contributed by atoms with van der Waals surface area (Å²) in [7, 11) is 3.67. The van der Waals surface area contributed by atoms with Crippen molar-refractivity contribution < 1.29 is 9.47 Å². The molecule has 0 amide bonds. The van der Waals surface area contributed by atoms with Gasteiger partial charge in [0.2, 0.25) is 0 Å². The SMILES string of the molecule is CN=C(NCC1(OC)CCOCC1)N1CCC(=Cc2ccccc2)CC1. The topological polar surface area (TPSA) is 46.1 Å². The number of nitrogens with one attached hydrogen (secondary N) is 1. The predicted molar refractivity (Wildman–Crippen MR) is 106 cm³/mol. The van der Waals surface area contributed by atoms with Gasteiger partial charge in [-0.05, 0) is 18.4 Å². The Morgan fingerprint density at radius 2 is 1.92 bits per heavy atom. The van der Waals surface area contributed by atoms with E-state index in [1.54, 1.807) is 7.11 Å². The maximum atomic E-state index is 5.82. The van der Waals surface area contributed by atoms with Crippen molar-refractivity contribution in [3.63, 3.8) is 0 Å². The molecule has 2 heterocycles. The molecule has 3 rings (SSSR count). The van der Waals surface area contributed by atoms with E-state index in [9.17, 15) is 0 Å². The zero-order chi connectivity index (χ0) is 18.2. The summed E-state index contributed by atoms with van der Waals surface area (Å²) in [4.78, 5) is 6.85. The third kappa shape index (κ3) is 4.86. The standard InChI is InChI=1S/C21H31N3O2/c1-22-20(23-17-21(25-2)10-14-26-15-11-21)24-12-8-19(9-13-24)16-18-6-4-3-5-7-18/h3-7,16H,8-15,17H2,1-2H3,(H,22,23).